The third-order valence-corrected chi connectivity index (χ3v) is 6.73. The minimum atomic E-state index is 0.754. The largest absolute Gasteiger partial charge is 0.497 e. The van der Waals surface area contributed by atoms with Gasteiger partial charge in [0.1, 0.15) is 5.75 Å². The number of benzene rings is 2. The maximum Gasteiger partial charge on any atom is 0.159 e. The Morgan fingerprint density at radius 3 is 2.33 bits per heavy atom. The van der Waals surface area contributed by atoms with E-state index in [2.05, 4.69) is 66.2 Å². The number of aromatic nitrogens is 2. The van der Waals surface area contributed by atoms with E-state index in [1.54, 1.807) is 7.11 Å². The van der Waals surface area contributed by atoms with Crippen molar-refractivity contribution in [2.24, 2.45) is 5.92 Å². The first-order chi connectivity index (χ1) is 16.1. The third-order valence-electron chi connectivity index (χ3n) is 6.73. The molecule has 3 aromatic rings. The van der Waals surface area contributed by atoms with E-state index in [1.165, 1.54) is 42.6 Å². The Hall–Kier alpha value is -2.76. The molecule has 1 saturated heterocycles. The van der Waals surface area contributed by atoms with Crippen molar-refractivity contribution < 1.29 is 4.74 Å². The van der Waals surface area contributed by atoms with Crippen LogP contribution in [0.5, 0.6) is 5.75 Å². The minimum Gasteiger partial charge on any atom is -0.497 e. The van der Waals surface area contributed by atoms with Crippen molar-refractivity contribution in [1.29, 1.82) is 0 Å². The zero-order valence-corrected chi connectivity index (χ0v) is 20.2. The SMILES string of the molecule is COc1ccc(CCN(Cc2cnc(-c3ccccc3C)nc2)CC2CCN(C)CC2)cc1. The second-order valence-electron chi connectivity index (χ2n) is 9.31. The van der Waals surface area contributed by atoms with Crippen molar-refractivity contribution in [3.63, 3.8) is 0 Å². The zero-order chi connectivity index (χ0) is 23.0. The molecular formula is C28H36N4O. The number of aryl methyl sites for hydroxylation is 1. The monoisotopic (exact) mass is 444 g/mol. The lowest BCUT2D eigenvalue weighted by molar-refractivity contribution is 0.156. The summed E-state index contributed by atoms with van der Waals surface area (Å²) in [6, 6.07) is 16.7. The summed E-state index contributed by atoms with van der Waals surface area (Å²) in [4.78, 5) is 14.4. The summed E-state index contributed by atoms with van der Waals surface area (Å²) in [5, 5.41) is 0. The summed E-state index contributed by atoms with van der Waals surface area (Å²) < 4.78 is 5.30. The van der Waals surface area contributed by atoms with Gasteiger partial charge >= 0.3 is 0 Å². The molecule has 4 rings (SSSR count). The van der Waals surface area contributed by atoms with E-state index in [0.717, 1.165) is 49.1 Å². The van der Waals surface area contributed by atoms with Crippen LogP contribution in [-0.2, 0) is 13.0 Å². The van der Waals surface area contributed by atoms with Gasteiger partial charge in [-0.3, -0.25) is 4.90 Å². The first-order valence-corrected chi connectivity index (χ1v) is 12.0. The van der Waals surface area contributed by atoms with Crippen molar-refractivity contribution in [2.45, 2.75) is 32.7 Å². The quantitative estimate of drug-likeness (QED) is 0.472. The maximum atomic E-state index is 5.30. The van der Waals surface area contributed by atoms with Crippen LogP contribution in [0.3, 0.4) is 0 Å². The molecule has 174 valence electrons. The Balaban J connectivity index is 1.43. The first-order valence-electron chi connectivity index (χ1n) is 12.0. The average Bonchev–Trinajstić information content (AvgIpc) is 2.85. The Labute approximate surface area is 198 Å². The molecule has 5 nitrogen and oxygen atoms in total. The van der Waals surface area contributed by atoms with E-state index in [1.807, 2.05) is 18.5 Å². The van der Waals surface area contributed by atoms with Gasteiger partial charge < -0.3 is 9.64 Å². The van der Waals surface area contributed by atoms with Gasteiger partial charge in [-0.15, -0.1) is 0 Å². The van der Waals surface area contributed by atoms with E-state index < -0.39 is 0 Å². The third kappa shape index (κ3) is 6.62. The van der Waals surface area contributed by atoms with Gasteiger partial charge in [-0.1, -0.05) is 36.4 Å². The van der Waals surface area contributed by atoms with Crippen LogP contribution in [0.4, 0.5) is 0 Å². The fourth-order valence-electron chi connectivity index (χ4n) is 4.58. The zero-order valence-electron chi connectivity index (χ0n) is 20.2. The van der Waals surface area contributed by atoms with E-state index in [4.69, 9.17) is 14.7 Å². The highest BCUT2D eigenvalue weighted by molar-refractivity contribution is 5.59. The molecule has 1 aliphatic rings. The van der Waals surface area contributed by atoms with Crippen LogP contribution in [0.25, 0.3) is 11.4 Å². The highest BCUT2D eigenvalue weighted by Crippen LogP contribution is 2.21. The highest BCUT2D eigenvalue weighted by Gasteiger charge is 2.20. The number of methoxy groups -OCH3 is 1. The van der Waals surface area contributed by atoms with E-state index in [9.17, 15) is 0 Å². The lowest BCUT2D eigenvalue weighted by atomic mass is 9.96. The number of rotatable bonds is 9. The number of nitrogens with zero attached hydrogens (tertiary/aromatic N) is 4. The Kier molecular flexibility index (Phi) is 8.08. The Morgan fingerprint density at radius 2 is 1.67 bits per heavy atom. The fraction of sp³-hybridized carbons (Fsp3) is 0.429. The van der Waals surface area contributed by atoms with Crippen LogP contribution in [-0.4, -0.2) is 60.1 Å². The fourth-order valence-corrected chi connectivity index (χ4v) is 4.58. The van der Waals surface area contributed by atoms with Crippen molar-refractivity contribution >= 4 is 0 Å². The van der Waals surface area contributed by atoms with Crippen LogP contribution in [0.2, 0.25) is 0 Å². The number of piperidine rings is 1. The molecule has 1 aromatic heterocycles. The van der Waals surface area contributed by atoms with Crippen LogP contribution in [0, 0.1) is 12.8 Å². The standard InChI is InChI=1S/C28H36N4O/c1-22-6-4-5-7-27(22)28-29-18-25(19-30-28)21-32(20-24-12-15-31(2)16-13-24)17-14-23-8-10-26(33-3)11-9-23/h4-11,18-19,24H,12-17,20-21H2,1-3H3. The number of likely N-dealkylation sites (tertiary alicyclic amines) is 1. The molecule has 1 aliphatic heterocycles. The van der Waals surface area contributed by atoms with Crippen molar-refractivity contribution in [3.05, 3.63) is 77.6 Å². The molecule has 2 aromatic carbocycles. The van der Waals surface area contributed by atoms with Crippen molar-refractivity contribution in [3.8, 4) is 17.1 Å². The summed E-state index contributed by atoms with van der Waals surface area (Å²) in [6.07, 6.45) is 7.59. The normalized spacial score (nSPS) is 15.2. The van der Waals surface area contributed by atoms with Gasteiger partial charge in [0.15, 0.2) is 5.82 Å². The number of ether oxygens (including phenoxy) is 1. The molecule has 0 atom stereocenters. The molecular weight excluding hydrogens is 408 g/mol. The second kappa shape index (κ2) is 11.4. The maximum absolute atomic E-state index is 5.30. The summed E-state index contributed by atoms with van der Waals surface area (Å²) in [5.41, 5.74) is 4.82. The predicted molar refractivity (Wildman–Crippen MR) is 134 cm³/mol. The van der Waals surface area contributed by atoms with Gasteiger partial charge in [0, 0.05) is 43.2 Å². The van der Waals surface area contributed by atoms with E-state index >= 15 is 0 Å². The number of hydrogen-bond acceptors (Lipinski definition) is 5. The Bertz CT molecular complexity index is 995. The minimum absolute atomic E-state index is 0.754. The first kappa shape index (κ1) is 23.4. The van der Waals surface area contributed by atoms with Crippen LogP contribution >= 0.6 is 0 Å². The van der Waals surface area contributed by atoms with Gasteiger partial charge in [-0.25, -0.2) is 9.97 Å². The van der Waals surface area contributed by atoms with Crippen LogP contribution in [0.15, 0.2) is 60.9 Å². The molecule has 0 bridgehead atoms. The predicted octanol–water partition coefficient (Wildman–Crippen LogP) is 4.85. The summed E-state index contributed by atoms with van der Waals surface area (Å²) in [7, 11) is 3.94. The summed E-state index contributed by atoms with van der Waals surface area (Å²) in [6.45, 7) is 7.55. The molecule has 0 radical (unpaired) electrons. The van der Waals surface area contributed by atoms with E-state index in [-0.39, 0.29) is 0 Å². The van der Waals surface area contributed by atoms with Crippen molar-refractivity contribution in [2.75, 3.05) is 40.3 Å². The smallest absolute Gasteiger partial charge is 0.159 e. The molecule has 0 unspecified atom stereocenters. The summed E-state index contributed by atoms with van der Waals surface area (Å²) in [5.74, 6) is 2.47. The molecule has 0 aliphatic carbocycles. The second-order valence-corrected chi connectivity index (χ2v) is 9.31. The van der Waals surface area contributed by atoms with Gasteiger partial charge in [0.2, 0.25) is 0 Å². The van der Waals surface area contributed by atoms with E-state index in [0.29, 0.717) is 0 Å². The number of hydrogen-bond donors (Lipinski definition) is 0. The van der Waals surface area contributed by atoms with Crippen LogP contribution in [0.1, 0.15) is 29.5 Å². The van der Waals surface area contributed by atoms with Crippen LogP contribution < -0.4 is 4.74 Å². The van der Waals surface area contributed by atoms with Gasteiger partial charge in [-0.2, -0.15) is 0 Å². The molecule has 0 N–H and O–H groups in total. The molecule has 2 heterocycles. The van der Waals surface area contributed by atoms with Gasteiger partial charge in [-0.05, 0) is 75.5 Å². The lowest BCUT2D eigenvalue weighted by Crippen LogP contribution is -2.37. The molecule has 1 fully saturated rings. The molecule has 33 heavy (non-hydrogen) atoms. The molecule has 0 saturated carbocycles. The average molecular weight is 445 g/mol. The Morgan fingerprint density at radius 1 is 0.970 bits per heavy atom. The molecule has 0 amide bonds. The lowest BCUT2D eigenvalue weighted by Gasteiger charge is -2.33. The molecule has 0 spiro atoms. The van der Waals surface area contributed by atoms with Crippen molar-refractivity contribution in [1.82, 2.24) is 19.8 Å². The van der Waals surface area contributed by atoms with Gasteiger partial charge in [0.25, 0.3) is 0 Å². The summed E-state index contributed by atoms with van der Waals surface area (Å²) >= 11 is 0. The highest BCUT2D eigenvalue weighted by atomic mass is 16.5. The topological polar surface area (TPSA) is 41.5 Å². The van der Waals surface area contributed by atoms with Gasteiger partial charge in [0.05, 0.1) is 7.11 Å². The molecule has 5 heteroatoms.